The SMILES string of the molecule is CC1(C)c2ccccc2-c2cc3c4cc(-c5ccc6c(c5)oc5cc7c(cc56)c5ccccc5n7-c5nc(-c6ccccc6)cc(-c6ccccc6)n5)ccc4n(-c4ccccc4)c3cc21. The van der Waals surface area contributed by atoms with Gasteiger partial charge in [-0.15, -0.1) is 0 Å². The molecule has 0 fully saturated rings. The van der Waals surface area contributed by atoms with Crippen LogP contribution in [0.5, 0.6) is 0 Å². The lowest BCUT2D eigenvalue weighted by Gasteiger charge is -2.21. The van der Waals surface area contributed by atoms with E-state index in [0.717, 1.165) is 83.1 Å². The molecule has 13 aromatic rings. The molecular weight excluding hydrogens is 805 g/mol. The van der Waals surface area contributed by atoms with Crippen molar-refractivity contribution in [2.24, 2.45) is 0 Å². The molecule has 0 radical (unpaired) electrons. The Balaban J connectivity index is 0.942. The first-order valence-electron chi connectivity index (χ1n) is 22.6. The van der Waals surface area contributed by atoms with Crippen molar-refractivity contribution in [1.82, 2.24) is 19.1 Å². The maximum absolute atomic E-state index is 6.86. The fourth-order valence-electron chi connectivity index (χ4n) is 10.9. The fourth-order valence-corrected chi connectivity index (χ4v) is 10.9. The lowest BCUT2D eigenvalue weighted by molar-refractivity contribution is 0.661. The van der Waals surface area contributed by atoms with Crippen molar-refractivity contribution in [1.29, 1.82) is 0 Å². The Morgan fingerprint density at radius 2 is 0.955 bits per heavy atom. The van der Waals surface area contributed by atoms with E-state index in [9.17, 15) is 0 Å². The molecule has 1 aliphatic rings. The molecule has 0 spiro atoms. The lowest BCUT2D eigenvalue weighted by atomic mass is 9.82. The van der Waals surface area contributed by atoms with Crippen LogP contribution < -0.4 is 0 Å². The average Bonchev–Trinajstić information content (AvgIpc) is 4.07. The Morgan fingerprint density at radius 1 is 0.364 bits per heavy atom. The highest BCUT2D eigenvalue weighted by atomic mass is 16.3. The molecule has 0 bridgehead atoms. The zero-order valence-electron chi connectivity index (χ0n) is 36.3. The van der Waals surface area contributed by atoms with Crippen LogP contribution in [0.25, 0.3) is 122 Å². The zero-order chi connectivity index (χ0) is 43.7. The second kappa shape index (κ2) is 13.7. The highest BCUT2D eigenvalue weighted by Gasteiger charge is 2.36. The van der Waals surface area contributed by atoms with Gasteiger partial charge in [-0.25, -0.2) is 9.97 Å². The van der Waals surface area contributed by atoms with E-state index in [1.54, 1.807) is 0 Å². The molecule has 0 atom stereocenters. The van der Waals surface area contributed by atoms with Crippen LogP contribution in [-0.2, 0) is 5.41 Å². The van der Waals surface area contributed by atoms with E-state index >= 15 is 0 Å². The Kier molecular flexibility index (Phi) is 7.68. The van der Waals surface area contributed by atoms with Gasteiger partial charge in [0.25, 0.3) is 0 Å². The van der Waals surface area contributed by atoms with Crippen LogP contribution in [0.4, 0.5) is 0 Å². The van der Waals surface area contributed by atoms with Crippen molar-refractivity contribution < 1.29 is 4.42 Å². The molecule has 0 aliphatic heterocycles. The maximum atomic E-state index is 6.86. The Morgan fingerprint density at radius 3 is 1.73 bits per heavy atom. The molecule has 14 rings (SSSR count). The first-order valence-corrected chi connectivity index (χ1v) is 22.6. The van der Waals surface area contributed by atoms with Gasteiger partial charge in [-0.05, 0) is 100 Å². The molecule has 9 aromatic carbocycles. The maximum Gasteiger partial charge on any atom is 0.235 e. The van der Waals surface area contributed by atoms with E-state index in [4.69, 9.17) is 14.4 Å². The number of hydrogen-bond donors (Lipinski definition) is 0. The number of rotatable bonds is 5. The number of furan rings is 1. The Hall–Kier alpha value is -8.54. The summed E-state index contributed by atoms with van der Waals surface area (Å²) in [7, 11) is 0. The first kappa shape index (κ1) is 36.9. The average molecular weight is 845 g/mol. The second-order valence-corrected chi connectivity index (χ2v) is 18.2. The van der Waals surface area contributed by atoms with Gasteiger partial charge in [-0.3, -0.25) is 4.57 Å². The third-order valence-electron chi connectivity index (χ3n) is 14.1. The number of para-hydroxylation sites is 2. The van der Waals surface area contributed by atoms with Crippen molar-refractivity contribution in [3.63, 3.8) is 0 Å². The number of hydrogen-bond acceptors (Lipinski definition) is 3. The minimum absolute atomic E-state index is 0.0970. The van der Waals surface area contributed by atoms with Gasteiger partial charge < -0.3 is 8.98 Å². The predicted molar refractivity (Wildman–Crippen MR) is 272 cm³/mol. The van der Waals surface area contributed by atoms with Gasteiger partial charge in [0, 0.05) is 60.6 Å². The molecular formula is C61H40N4O. The molecule has 0 saturated carbocycles. The summed E-state index contributed by atoms with van der Waals surface area (Å²) < 4.78 is 11.5. The standard InChI is InChI=1S/C61H40N4O/c1-61(2)50-24-14-12-22-42(50)45-32-48-46-30-39(27-29-55(46)64(56(48)34-51(45)61)41-20-10-5-11-21-41)40-26-28-44-49-33-47-43-23-13-15-25-54(43)65(57(47)36-59(49)66-58(44)31-40)60-62-52(37-16-6-3-7-17-37)35-53(63-60)38-18-8-4-9-19-38/h3-36H,1-2H3. The van der Waals surface area contributed by atoms with Crippen LogP contribution in [0.3, 0.4) is 0 Å². The van der Waals surface area contributed by atoms with Crippen LogP contribution in [0.1, 0.15) is 25.0 Å². The van der Waals surface area contributed by atoms with Gasteiger partial charge in [-0.1, -0.05) is 147 Å². The van der Waals surface area contributed by atoms with Crippen LogP contribution in [0.2, 0.25) is 0 Å². The quantitative estimate of drug-likeness (QED) is 0.173. The van der Waals surface area contributed by atoms with E-state index in [0.29, 0.717) is 5.95 Å². The largest absolute Gasteiger partial charge is 0.456 e. The number of aromatic nitrogens is 4. The van der Waals surface area contributed by atoms with E-state index in [1.165, 1.54) is 44.1 Å². The fraction of sp³-hybridized carbons (Fsp3) is 0.0492. The van der Waals surface area contributed by atoms with E-state index in [-0.39, 0.29) is 5.41 Å². The smallest absolute Gasteiger partial charge is 0.235 e. The molecule has 4 heterocycles. The summed E-state index contributed by atoms with van der Waals surface area (Å²) in [5.41, 5.74) is 18.6. The van der Waals surface area contributed by atoms with Crippen LogP contribution in [0, 0.1) is 0 Å². The minimum Gasteiger partial charge on any atom is -0.456 e. The van der Waals surface area contributed by atoms with Gasteiger partial charge in [-0.2, -0.15) is 0 Å². The van der Waals surface area contributed by atoms with Gasteiger partial charge >= 0.3 is 0 Å². The van der Waals surface area contributed by atoms with Gasteiger partial charge in [0.1, 0.15) is 11.2 Å². The number of nitrogens with zero attached hydrogens (tertiary/aromatic N) is 4. The Labute approximate surface area is 380 Å². The third kappa shape index (κ3) is 5.34. The molecule has 0 saturated heterocycles. The topological polar surface area (TPSA) is 48.8 Å². The second-order valence-electron chi connectivity index (χ2n) is 18.2. The lowest BCUT2D eigenvalue weighted by Crippen LogP contribution is -2.14. The van der Waals surface area contributed by atoms with Gasteiger partial charge in [0.2, 0.25) is 5.95 Å². The summed E-state index contributed by atoms with van der Waals surface area (Å²) >= 11 is 0. The first-order chi connectivity index (χ1) is 32.5. The molecule has 0 unspecified atom stereocenters. The van der Waals surface area contributed by atoms with E-state index < -0.39 is 0 Å². The highest BCUT2D eigenvalue weighted by Crippen LogP contribution is 2.51. The predicted octanol–water partition coefficient (Wildman–Crippen LogP) is 15.9. The summed E-state index contributed by atoms with van der Waals surface area (Å²) in [4.78, 5) is 10.5. The molecule has 66 heavy (non-hydrogen) atoms. The van der Waals surface area contributed by atoms with Crippen molar-refractivity contribution in [3.05, 3.63) is 217 Å². The van der Waals surface area contributed by atoms with E-state index in [1.807, 2.05) is 12.1 Å². The van der Waals surface area contributed by atoms with Crippen LogP contribution >= 0.6 is 0 Å². The molecule has 4 aromatic heterocycles. The summed E-state index contributed by atoms with van der Waals surface area (Å²) in [6.45, 7) is 4.71. The molecule has 1 aliphatic carbocycles. The van der Waals surface area contributed by atoms with Gasteiger partial charge in [0.05, 0.1) is 33.5 Å². The monoisotopic (exact) mass is 844 g/mol. The van der Waals surface area contributed by atoms with E-state index in [2.05, 4.69) is 217 Å². The number of fused-ring (bicyclic) bond motifs is 12. The Bertz CT molecular complexity index is 4060. The van der Waals surface area contributed by atoms with Crippen LogP contribution in [-0.4, -0.2) is 19.1 Å². The molecule has 310 valence electrons. The van der Waals surface area contributed by atoms with Crippen molar-refractivity contribution in [2.45, 2.75) is 19.3 Å². The molecule has 5 nitrogen and oxygen atoms in total. The summed E-state index contributed by atoms with van der Waals surface area (Å²) in [6.07, 6.45) is 0. The summed E-state index contributed by atoms with van der Waals surface area (Å²) in [6, 6.07) is 73.9. The van der Waals surface area contributed by atoms with Crippen molar-refractivity contribution in [2.75, 3.05) is 0 Å². The zero-order valence-corrected chi connectivity index (χ0v) is 36.3. The molecule has 5 heteroatoms. The van der Waals surface area contributed by atoms with Crippen molar-refractivity contribution in [3.8, 4) is 56.4 Å². The third-order valence-corrected chi connectivity index (χ3v) is 14.1. The van der Waals surface area contributed by atoms with Crippen molar-refractivity contribution >= 4 is 65.6 Å². The highest BCUT2D eigenvalue weighted by molar-refractivity contribution is 6.18. The summed E-state index contributed by atoms with van der Waals surface area (Å²) in [5.74, 6) is 0.612. The molecule has 0 N–H and O–H groups in total. The summed E-state index contributed by atoms with van der Waals surface area (Å²) in [5, 5.41) is 6.90. The number of benzene rings is 9. The minimum atomic E-state index is -0.0970. The van der Waals surface area contributed by atoms with Gasteiger partial charge in [0.15, 0.2) is 0 Å². The van der Waals surface area contributed by atoms with Crippen LogP contribution in [0.15, 0.2) is 211 Å². The normalized spacial score (nSPS) is 13.1. The molecule has 0 amide bonds.